The van der Waals surface area contributed by atoms with Crippen LogP contribution in [0.4, 0.5) is 0 Å². The minimum absolute atomic E-state index is 0. The third kappa shape index (κ3) is 7.81. The van der Waals surface area contributed by atoms with Gasteiger partial charge in [0.2, 0.25) is 0 Å². The molecule has 4 rings (SSSR count). The molecule has 3 aromatic rings. The van der Waals surface area contributed by atoms with Gasteiger partial charge in [0.05, 0.1) is 6.10 Å². The van der Waals surface area contributed by atoms with Crippen molar-refractivity contribution in [3.05, 3.63) is 100 Å². The quantitative estimate of drug-likeness (QED) is 0.345. The summed E-state index contributed by atoms with van der Waals surface area (Å²) < 4.78 is 5.68. The van der Waals surface area contributed by atoms with Crippen molar-refractivity contribution >= 4 is 29.8 Å². The standard InChI is InChI=1S/C29H32ClNO3.ClH/c1-21(32)20-34-28-14-13-23-9-6-12-27(16-25(23)17-28)31(18-22-7-3-2-4-8-22)19-29(33)24-10-5-11-26(30)15-24;/h2-5,7-8,10-11,13-15,17,27,29,33H,6,9,12,16,18-20H2,1H3;1H/t27?,29-;/m0./s1. The molecule has 4 nitrogen and oxygen atoms in total. The zero-order chi connectivity index (χ0) is 23.9. The molecule has 0 radical (unpaired) electrons. The molecule has 35 heavy (non-hydrogen) atoms. The maximum Gasteiger partial charge on any atom is 0.167 e. The Balaban J connectivity index is 0.00000342. The number of carbonyl (C=O) groups is 1. The Hall–Kier alpha value is -2.37. The van der Waals surface area contributed by atoms with Crippen molar-refractivity contribution in [2.75, 3.05) is 13.2 Å². The molecular formula is C29H33Cl2NO3. The number of Topliss-reactive ketones (excluding diaryl/α,β-unsaturated/α-hetero) is 1. The van der Waals surface area contributed by atoms with E-state index in [9.17, 15) is 9.90 Å². The van der Waals surface area contributed by atoms with E-state index in [0.29, 0.717) is 11.6 Å². The Morgan fingerprint density at radius 3 is 2.63 bits per heavy atom. The monoisotopic (exact) mass is 513 g/mol. The molecule has 1 aliphatic rings. The summed E-state index contributed by atoms with van der Waals surface area (Å²) >= 11 is 6.18. The summed E-state index contributed by atoms with van der Waals surface area (Å²) in [5.74, 6) is 0.750. The van der Waals surface area contributed by atoms with Crippen LogP contribution in [0.25, 0.3) is 0 Å². The highest BCUT2D eigenvalue weighted by Gasteiger charge is 2.26. The molecule has 0 heterocycles. The van der Waals surface area contributed by atoms with Gasteiger partial charge in [0.25, 0.3) is 0 Å². The molecule has 6 heteroatoms. The average molecular weight is 514 g/mol. The van der Waals surface area contributed by atoms with Crippen LogP contribution in [-0.2, 0) is 24.2 Å². The van der Waals surface area contributed by atoms with Crippen molar-refractivity contribution in [2.45, 2.75) is 51.3 Å². The fourth-order valence-corrected chi connectivity index (χ4v) is 4.91. The molecule has 0 bridgehead atoms. The number of ether oxygens (including phenoxy) is 1. The van der Waals surface area contributed by atoms with E-state index in [1.807, 2.05) is 36.4 Å². The number of nitrogens with zero attached hydrogens (tertiary/aromatic N) is 1. The van der Waals surface area contributed by atoms with Crippen LogP contribution in [-0.4, -0.2) is 35.0 Å². The second-order valence-electron chi connectivity index (χ2n) is 9.16. The van der Waals surface area contributed by atoms with Gasteiger partial charge in [-0.1, -0.05) is 60.1 Å². The summed E-state index contributed by atoms with van der Waals surface area (Å²) in [6.07, 6.45) is 3.41. The zero-order valence-corrected chi connectivity index (χ0v) is 21.6. The first-order valence-electron chi connectivity index (χ1n) is 11.9. The van der Waals surface area contributed by atoms with E-state index in [0.717, 1.165) is 43.5 Å². The molecule has 0 aromatic heterocycles. The number of hydrogen-bond donors (Lipinski definition) is 1. The summed E-state index contributed by atoms with van der Waals surface area (Å²) in [4.78, 5) is 13.8. The SMILES string of the molecule is CC(=O)COc1ccc2c(c1)CC(N(Cc1ccccc1)C[C@H](O)c1cccc(Cl)c1)CCC2.Cl. The lowest BCUT2D eigenvalue weighted by Gasteiger charge is -2.33. The Bertz CT molecular complexity index is 1110. The first kappa shape index (κ1) is 27.2. The molecule has 0 saturated carbocycles. The van der Waals surface area contributed by atoms with Gasteiger partial charge in [-0.05, 0) is 79.1 Å². The summed E-state index contributed by atoms with van der Waals surface area (Å²) in [5, 5.41) is 11.7. The lowest BCUT2D eigenvalue weighted by Crippen LogP contribution is -2.39. The number of aryl methyl sites for hydroxylation is 1. The number of fused-ring (bicyclic) bond motifs is 1. The van der Waals surface area contributed by atoms with Crippen LogP contribution in [0.3, 0.4) is 0 Å². The summed E-state index contributed by atoms with van der Waals surface area (Å²) in [6, 6.07) is 24.4. The Morgan fingerprint density at radius 1 is 1.09 bits per heavy atom. The first-order chi connectivity index (χ1) is 16.5. The van der Waals surface area contributed by atoms with Gasteiger partial charge in [0, 0.05) is 24.2 Å². The molecule has 1 unspecified atom stereocenters. The van der Waals surface area contributed by atoms with Crippen LogP contribution in [0, 0.1) is 0 Å². The molecule has 0 amide bonds. The second-order valence-corrected chi connectivity index (χ2v) is 9.59. The Morgan fingerprint density at radius 2 is 1.89 bits per heavy atom. The smallest absolute Gasteiger partial charge is 0.167 e. The number of rotatable bonds is 9. The molecule has 1 N–H and O–H groups in total. The normalized spacial score (nSPS) is 16.1. The second kappa shape index (κ2) is 13.1. The topological polar surface area (TPSA) is 49.8 Å². The number of ketones is 1. The van der Waals surface area contributed by atoms with Crippen molar-refractivity contribution in [2.24, 2.45) is 0 Å². The molecule has 1 aliphatic carbocycles. The van der Waals surface area contributed by atoms with E-state index < -0.39 is 6.10 Å². The van der Waals surface area contributed by atoms with E-state index in [2.05, 4.69) is 41.3 Å². The van der Waals surface area contributed by atoms with Crippen molar-refractivity contribution in [3.63, 3.8) is 0 Å². The van der Waals surface area contributed by atoms with Crippen LogP contribution >= 0.6 is 24.0 Å². The highest BCUT2D eigenvalue weighted by Crippen LogP contribution is 2.29. The molecule has 3 aromatic carbocycles. The van der Waals surface area contributed by atoms with Crippen molar-refractivity contribution < 1.29 is 14.6 Å². The van der Waals surface area contributed by atoms with E-state index in [1.54, 1.807) is 0 Å². The van der Waals surface area contributed by atoms with Gasteiger partial charge in [-0.2, -0.15) is 0 Å². The Labute approximate surface area is 219 Å². The molecule has 0 spiro atoms. The molecule has 186 valence electrons. The number of halogens is 2. The van der Waals surface area contributed by atoms with Crippen LogP contribution in [0.5, 0.6) is 5.75 Å². The number of carbonyl (C=O) groups excluding carboxylic acids is 1. The lowest BCUT2D eigenvalue weighted by molar-refractivity contribution is -0.118. The van der Waals surface area contributed by atoms with Crippen molar-refractivity contribution in [1.29, 1.82) is 0 Å². The largest absolute Gasteiger partial charge is 0.486 e. The van der Waals surface area contributed by atoms with Gasteiger partial charge in [-0.15, -0.1) is 12.4 Å². The minimum Gasteiger partial charge on any atom is -0.486 e. The highest BCUT2D eigenvalue weighted by molar-refractivity contribution is 6.30. The number of hydrogen-bond acceptors (Lipinski definition) is 4. The van der Waals surface area contributed by atoms with E-state index >= 15 is 0 Å². The van der Waals surface area contributed by atoms with Gasteiger partial charge in [-0.3, -0.25) is 9.69 Å². The number of benzene rings is 3. The van der Waals surface area contributed by atoms with Crippen LogP contribution in [0.2, 0.25) is 5.02 Å². The third-order valence-corrected chi connectivity index (χ3v) is 6.68. The van der Waals surface area contributed by atoms with Gasteiger partial charge < -0.3 is 9.84 Å². The van der Waals surface area contributed by atoms with E-state index in [1.165, 1.54) is 23.6 Å². The molecular weight excluding hydrogens is 481 g/mol. The molecule has 0 fully saturated rings. The van der Waals surface area contributed by atoms with Crippen molar-refractivity contribution in [3.8, 4) is 5.75 Å². The summed E-state index contributed by atoms with van der Waals surface area (Å²) in [6.45, 7) is 2.91. The maximum atomic E-state index is 11.4. The van der Waals surface area contributed by atoms with Gasteiger partial charge in [0.1, 0.15) is 12.4 Å². The fourth-order valence-electron chi connectivity index (χ4n) is 4.71. The Kier molecular flexibility index (Phi) is 10.2. The average Bonchev–Trinajstić information content (AvgIpc) is 3.05. The predicted molar refractivity (Wildman–Crippen MR) is 144 cm³/mol. The first-order valence-corrected chi connectivity index (χ1v) is 12.3. The molecule has 0 aliphatic heterocycles. The van der Waals surface area contributed by atoms with E-state index in [4.69, 9.17) is 16.3 Å². The third-order valence-electron chi connectivity index (χ3n) is 6.44. The molecule has 0 saturated heterocycles. The van der Waals surface area contributed by atoms with Crippen LogP contribution in [0.1, 0.15) is 48.1 Å². The van der Waals surface area contributed by atoms with Crippen LogP contribution in [0.15, 0.2) is 72.8 Å². The number of aliphatic hydroxyl groups excluding tert-OH is 1. The predicted octanol–water partition coefficient (Wildman–Crippen LogP) is 6.21. The van der Waals surface area contributed by atoms with Crippen molar-refractivity contribution in [1.82, 2.24) is 4.90 Å². The maximum absolute atomic E-state index is 11.4. The summed E-state index contributed by atoms with van der Waals surface area (Å²) in [5.41, 5.74) is 4.66. The fraction of sp³-hybridized carbons (Fsp3) is 0.345. The minimum atomic E-state index is -0.629. The molecule has 2 atom stereocenters. The van der Waals surface area contributed by atoms with E-state index in [-0.39, 0.29) is 30.8 Å². The van der Waals surface area contributed by atoms with Gasteiger partial charge >= 0.3 is 0 Å². The van der Waals surface area contributed by atoms with Gasteiger partial charge in [0.15, 0.2) is 5.78 Å². The summed E-state index contributed by atoms with van der Waals surface area (Å²) in [7, 11) is 0. The number of aliphatic hydroxyl groups is 1. The zero-order valence-electron chi connectivity index (χ0n) is 20.0. The lowest BCUT2D eigenvalue weighted by atomic mass is 9.99. The highest BCUT2D eigenvalue weighted by atomic mass is 35.5. The van der Waals surface area contributed by atoms with Gasteiger partial charge in [-0.25, -0.2) is 0 Å². The van der Waals surface area contributed by atoms with Crippen LogP contribution < -0.4 is 4.74 Å².